The summed E-state index contributed by atoms with van der Waals surface area (Å²) < 4.78 is 43.0. The van der Waals surface area contributed by atoms with E-state index in [0.29, 0.717) is 21.5 Å². The predicted molar refractivity (Wildman–Crippen MR) is 113 cm³/mol. The van der Waals surface area contributed by atoms with E-state index in [4.69, 9.17) is 27.9 Å². The quantitative estimate of drug-likeness (QED) is 0.338. The van der Waals surface area contributed by atoms with Gasteiger partial charge in [0, 0.05) is 33.3 Å². The summed E-state index contributed by atoms with van der Waals surface area (Å²) in [7, 11) is 0. The van der Waals surface area contributed by atoms with Gasteiger partial charge in [-0.2, -0.15) is 13.2 Å². The summed E-state index contributed by atoms with van der Waals surface area (Å²) in [6, 6.07) is 7.08. The average Bonchev–Trinajstić information content (AvgIpc) is 3.05. The molecule has 0 saturated heterocycles. The van der Waals surface area contributed by atoms with Crippen molar-refractivity contribution in [2.45, 2.75) is 13.1 Å². The Hall–Kier alpha value is -2.97. The summed E-state index contributed by atoms with van der Waals surface area (Å²) in [5.74, 6) is -1.26. The Balaban J connectivity index is 1.90. The number of aromatic amines is 1. The van der Waals surface area contributed by atoms with Gasteiger partial charge in [0.15, 0.2) is 0 Å². The number of hydrogen-bond acceptors (Lipinski definition) is 3. The number of hydrogen-bond donors (Lipinski definition) is 2. The van der Waals surface area contributed by atoms with Crippen LogP contribution in [0.25, 0.3) is 17.0 Å². The molecule has 31 heavy (non-hydrogen) atoms. The molecule has 1 amide bonds. The van der Waals surface area contributed by atoms with Crippen LogP contribution >= 0.6 is 23.2 Å². The van der Waals surface area contributed by atoms with Gasteiger partial charge in [-0.3, -0.25) is 4.79 Å². The summed E-state index contributed by atoms with van der Waals surface area (Å²) in [5.41, 5.74) is 0.227. The molecule has 0 atom stereocenters. The summed E-state index contributed by atoms with van der Waals surface area (Å²) >= 11 is 12.3. The maximum absolute atomic E-state index is 12.6. The van der Waals surface area contributed by atoms with Crippen LogP contribution in [0.3, 0.4) is 0 Å². The lowest BCUT2D eigenvalue weighted by molar-refractivity contribution is -0.137. The van der Waals surface area contributed by atoms with Crippen LogP contribution in [0, 0.1) is 0 Å². The maximum Gasteiger partial charge on any atom is 0.416 e. The topological polar surface area (TPSA) is 71.2 Å². The van der Waals surface area contributed by atoms with Crippen molar-refractivity contribution in [3.05, 3.63) is 69.3 Å². The Morgan fingerprint density at radius 1 is 1.16 bits per heavy atom. The maximum atomic E-state index is 12.6. The molecule has 0 unspecified atom stereocenters. The third-order valence-corrected chi connectivity index (χ3v) is 4.73. The van der Waals surface area contributed by atoms with Gasteiger partial charge in [0.05, 0.1) is 17.2 Å². The number of alkyl halides is 3. The minimum Gasteiger partial charge on any atom is -0.461 e. The number of ether oxygens (including phenoxy) is 1. The summed E-state index contributed by atoms with van der Waals surface area (Å²) in [6.07, 6.45) is -1.97. The van der Waals surface area contributed by atoms with Crippen molar-refractivity contribution in [1.82, 2.24) is 4.98 Å². The van der Waals surface area contributed by atoms with Gasteiger partial charge in [-0.1, -0.05) is 23.2 Å². The summed E-state index contributed by atoms with van der Waals surface area (Å²) in [4.78, 5) is 27.5. The van der Waals surface area contributed by atoms with Crippen molar-refractivity contribution in [3.63, 3.8) is 0 Å². The van der Waals surface area contributed by atoms with Gasteiger partial charge >= 0.3 is 12.1 Å². The van der Waals surface area contributed by atoms with E-state index < -0.39 is 23.6 Å². The third-order valence-electron chi connectivity index (χ3n) is 4.21. The first-order chi connectivity index (χ1) is 14.6. The van der Waals surface area contributed by atoms with Crippen molar-refractivity contribution in [2.24, 2.45) is 0 Å². The van der Waals surface area contributed by atoms with E-state index in [0.717, 1.165) is 30.3 Å². The second-order valence-electron chi connectivity index (χ2n) is 6.34. The molecule has 162 valence electrons. The number of H-pyrrole nitrogens is 1. The van der Waals surface area contributed by atoms with E-state index in [9.17, 15) is 22.8 Å². The molecule has 0 saturated carbocycles. The Kier molecular flexibility index (Phi) is 6.62. The number of benzene rings is 2. The zero-order valence-corrected chi connectivity index (χ0v) is 17.5. The highest BCUT2D eigenvalue weighted by molar-refractivity contribution is 6.39. The van der Waals surface area contributed by atoms with Gasteiger partial charge in [0.25, 0.3) is 0 Å². The van der Waals surface area contributed by atoms with E-state index in [-0.39, 0.29) is 23.0 Å². The van der Waals surface area contributed by atoms with Gasteiger partial charge in [0.1, 0.15) is 5.69 Å². The summed E-state index contributed by atoms with van der Waals surface area (Å²) in [5, 5.41) is 3.53. The molecule has 0 fully saturated rings. The second-order valence-corrected chi connectivity index (χ2v) is 7.19. The highest BCUT2D eigenvalue weighted by Gasteiger charge is 2.30. The molecule has 10 heteroatoms. The van der Waals surface area contributed by atoms with Crippen LogP contribution < -0.4 is 5.32 Å². The molecule has 0 aliphatic carbocycles. The van der Waals surface area contributed by atoms with Gasteiger partial charge < -0.3 is 15.0 Å². The number of anilines is 1. The minimum absolute atomic E-state index is 0.0830. The molecule has 1 heterocycles. The Morgan fingerprint density at radius 2 is 1.84 bits per heavy atom. The van der Waals surface area contributed by atoms with E-state index in [1.807, 2.05) is 0 Å². The second kappa shape index (κ2) is 9.03. The molecule has 0 aliphatic rings. The van der Waals surface area contributed by atoms with Crippen molar-refractivity contribution >= 4 is 57.7 Å². The number of halogens is 5. The SMILES string of the molecule is CCOC(=O)c1[nH]c2cc(Cl)cc(Cl)c2c1/C=C/C(=O)Nc1ccc(C(F)(F)F)cc1. The van der Waals surface area contributed by atoms with Crippen LogP contribution in [0.2, 0.25) is 10.0 Å². The van der Waals surface area contributed by atoms with Crippen molar-refractivity contribution < 1.29 is 27.5 Å². The summed E-state index contributed by atoms with van der Waals surface area (Å²) in [6.45, 7) is 1.79. The molecule has 0 spiro atoms. The van der Waals surface area contributed by atoms with Gasteiger partial charge in [0.2, 0.25) is 5.91 Å². The zero-order valence-electron chi connectivity index (χ0n) is 15.9. The lowest BCUT2D eigenvalue weighted by atomic mass is 10.1. The number of esters is 1. The normalized spacial score (nSPS) is 11.8. The Labute approximate surface area is 184 Å². The van der Waals surface area contributed by atoms with Crippen LogP contribution in [-0.4, -0.2) is 23.5 Å². The highest BCUT2D eigenvalue weighted by Crippen LogP contribution is 2.34. The largest absolute Gasteiger partial charge is 0.461 e. The van der Waals surface area contributed by atoms with Crippen molar-refractivity contribution in [1.29, 1.82) is 0 Å². The van der Waals surface area contributed by atoms with E-state index >= 15 is 0 Å². The van der Waals surface area contributed by atoms with Crippen LogP contribution in [-0.2, 0) is 15.7 Å². The fourth-order valence-corrected chi connectivity index (χ4v) is 3.48. The number of rotatable bonds is 5. The Morgan fingerprint density at radius 3 is 2.45 bits per heavy atom. The van der Waals surface area contributed by atoms with Crippen LogP contribution in [0.15, 0.2) is 42.5 Å². The van der Waals surface area contributed by atoms with Crippen LogP contribution in [0.4, 0.5) is 18.9 Å². The third kappa shape index (κ3) is 5.21. The number of carbonyl (C=O) groups excluding carboxylic acids is 2. The van der Waals surface area contributed by atoms with E-state index in [2.05, 4.69) is 10.3 Å². The first kappa shape index (κ1) is 22.7. The fraction of sp³-hybridized carbons (Fsp3) is 0.143. The molecule has 2 N–H and O–H groups in total. The van der Waals surface area contributed by atoms with Gasteiger partial charge in [-0.05, 0) is 49.4 Å². The first-order valence-electron chi connectivity index (χ1n) is 8.94. The smallest absolute Gasteiger partial charge is 0.416 e. The first-order valence-corrected chi connectivity index (χ1v) is 9.70. The Bertz CT molecular complexity index is 1170. The molecule has 3 rings (SSSR count). The zero-order chi connectivity index (χ0) is 22.8. The molecule has 0 bridgehead atoms. The van der Waals surface area contributed by atoms with Crippen molar-refractivity contribution in [3.8, 4) is 0 Å². The minimum atomic E-state index is -4.47. The number of aromatic nitrogens is 1. The van der Waals surface area contributed by atoms with Crippen LogP contribution in [0.5, 0.6) is 0 Å². The molecule has 2 aromatic carbocycles. The highest BCUT2D eigenvalue weighted by atomic mass is 35.5. The lowest BCUT2D eigenvalue weighted by Crippen LogP contribution is -2.09. The number of fused-ring (bicyclic) bond motifs is 1. The number of carbonyl (C=O) groups is 2. The monoisotopic (exact) mass is 470 g/mol. The molecule has 0 radical (unpaired) electrons. The molecule has 5 nitrogen and oxygen atoms in total. The molecule has 1 aromatic heterocycles. The lowest BCUT2D eigenvalue weighted by Gasteiger charge is -2.07. The number of nitrogens with one attached hydrogen (secondary N) is 2. The predicted octanol–water partition coefficient (Wildman–Crippen LogP) is 6.32. The number of amides is 1. The van der Waals surface area contributed by atoms with Crippen LogP contribution in [0.1, 0.15) is 28.5 Å². The molecular weight excluding hydrogens is 456 g/mol. The molecule has 3 aromatic rings. The fourth-order valence-electron chi connectivity index (χ4n) is 2.89. The van der Waals surface area contributed by atoms with Gasteiger partial charge in [-0.25, -0.2) is 4.79 Å². The standard InChI is InChI=1S/C21H15Cl2F3N2O3/c1-2-31-20(30)19-14(18-15(23)9-12(22)10-16(18)28-19)7-8-17(29)27-13-5-3-11(4-6-13)21(24,25)26/h3-10,28H,2H2,1H3,(H,27,29)/b8-7+. The molecular formula is C21H15Cl2F3N2O3. The van der Waals surface area contributed by atoms with Gasteiger partial charge in [-0.15, -0.1) is 0 Å². The van der Waals surface area contributed by atoms with E-state index in [1.165, 1.54) is 12.1 Å². The van der Waals surface area contributed by atoms with Crippen molar-refractivity contribution in [2.75, 3.05) is 11.9 Å². The molecule has 0 aliphatic heterocycles. The average molecular weight is 471 g/mol. The van der Waals surface area contributed by atoms with E-state index in [1.54, 1.807) is 13.0 Å².